The van der Waals surface area contributed by atoms with Crippen molar-refractivity contribution in [2.45, 2.75) is 10.9 Å². The van der Waals surface area contributed by atoms with Crippen LogP contribution in [-0.2, 0) is 5.75 Å². The molecular weight excluding hydrogens is 384 g/mol. The van der Waals surface area contributed by atoms with Gasteiger partial charge in [-0.3, -0.25) is 0 Å². The number of benzene rings is 2. The van der Waals surface area contributed by atoms with E-state index in [4.69, 9.17) is 17.4 Å². The summed E-state index contributed by atoms with van der Waals surface area (Å²) in [5.74, 6) is 7.46. The molecule has 0 fully saturated rings. The number of nitrogens with zero attached hydrogens (tertiary/aromatic N) is 3. The van der Waals surface area contributed by atoms with E-state index in [0.717, 1.165) is 15.8 Å². The second-order valence-corrected chi connectivity index (χ2v) is 6.90. The van der Waals surface area contributed by atoms with Gasteiger partial charge in [-0.1, -0.05) is 63.6 Å². The zero-order chi connectivity index (χ0) is 15.5. The van der Waals surface area contributed by atoms with Crippen LogP contribution in [0.3, 0.4) is 0 Å². The van der Waals surface area contributed by atoms with Crippen LogP contribution in [0.5, 0.6) is 0 Å². The van der Waals surface area contributed by atoms with Crippen LogP contribution in [0.2, 0.25) is 5.02 Å². The van der Waals surface area contributed by atoms with Gasteiger partial charge in [-0.2, -0.15) is 0 Å². The molecule has 22 heavy (non-hydrogen) atoms. The number of aromatic nitrogens is 3. The van der Waals surface area contributed by atoms with E-state index in [2.05, 4.69) is 38.3 Å². The van der Waals surface area contributed by atoms with E-state index in [9.17, 15) is 0 Å². The van der Waals surface area contributed by atoms with Gasteiger partial charge >= 0.3 is 0 Å². The largest absolute Gasteiger partial charge is 0.335 e. The molecule has 1 heterocycles. The first-order chi connectivity index (χ1) is 10.6. The third-order valence-electron chi connectivity index (χ3n) is 3.00. The third kappa shape index (κ3) is 3.45. The predicted octanol–water partition coefficient (Wildman–Crippen LogP) is 4.37. The van der Waals surface area contributed by atoms with Gasteiger partial charge in [0.2, 0.25) is 5.16 Å². The normalized spacial score (nSPS) is 10.8. The molecule has 112 valence electrons. The highest BCUT2D eigenvalue weighted by Gasteiger charge is 2.12. The number of nitrogens with two attached hydrogens (primary N) is 1. The van der Waals surface area contributed by atoms with Gasteiger partial charge in [0.15, 0.2) is 5.82 Å². The lowest BCUT2D eigenvalue weighted by Crippen LogP contribution is -2.11. The molecule has 7 heteroatoms. The molecule has 1 aromatic heterocycles. The molecule has 2 aromatic carbocycles. The van der Waals surface area contributed by atoms with Gasteiger partial charge in [0, 0.05) is 20.8 Å². The van der Waals surface area contributed by atoms with Gasteiger partial charge in [-0.25, -0.2) is 4.68 Å². The number of hydrogen-bond acceptors (Lipinski definition) is 4. The summed E-state index contributed by atoms with van der Waals surface area (Å²) in [6, 6.07) is 15.5. The Morgan fingerprint density at radius 1 is 1.14 bits per heavy atom. The summed E-state index contributed by atoms with van der Waals surface area (Å²) in [5, 5.41) is 9.62. The van der Waals surface area contributed by atoms with Gasteiger partial charge in [0.1, 0.15) is 0 Å². The average Bonchev–Trinajstić information content (AvgIpc) is 2.86. The molecule has 3 rings (SSSR count). The first-order valence-corrected chi connectivity index (χ1v) is 8.63. The molecule has 0 aliphatic heterocycles. The number of nitrogen functional groups attached to an aromatic ring is 1. The van der Waals surface area contributed by atoms with E-state index in [1.54, 1.807) is 0 Å². The maximum Gasteiger partial charge on any atom is 0.210 e. The summed E-state index contributed by atoms with van der Waals surface area (Å²) in [5.41, 5.74) is 2.03. The molecule has 0 aliphatic carbocycles. The molecule has 0 radical (unpaired) electrons. The average molecular weight is 396 g/mol. The minimum absolute atomic E-state index is 0.597. The fraction of sp³-hybridized carbons (Fsp3) is 0.0667. The van der Waals surface area contributed by atoms with Gasteiger partial charge in [0.05, 0.1) is 0 Å². The summed E-state index contributed by atoms with van der Waals surface area (Å²) < 4.78 is 2.55. The Bertz CT molecular complexity index is 806. The zero-order valence-electron chi connectivity index (χ0n) is 11.4. The molecule has 0 bridgehead atoms. The van der Waals surface area contributed by atoms with E-state index >= 15 is 0 Å². The quantitative estimate of drug-likeness (QED) is 0.526. The van der Waals surface area contributed by atoms with Crippen LogP contribution in [0.15, 0.2) is 58.2 Å². The maximum absolute atomic E-state index is 6.10. The van der Waals surface area contributed by atoms with Gasteiger partial charge in [-0.15, -0.1) is 10.2 Å². The summed E-state index contributed by atoms with van der Waals surface area (Å²) in [6.45, 7) is 0. The Hall–Kier alpha value is -1.50. The van der Waals surface area contributed by atoms with Crippen molar-refractivity contribution < 1.29 is 0 Å². The topological polar surface area (TPSA) is 56.7 Å². The molecule has 3 aromatic rings. The van der Waals surface area contributed by atoms with Crippen molar-refractivity contribution in [3.63, 3.8) is 0 Å². The summed E-state index contributed by atoms with van der Waals surface area (Å²) >= 11 is 11.0. The molecule has 0 saturated carbocycles. The second-order valence-electron chi connectivity index (χ2n) is 4.61. The van der Waals surface area contributed by atoms with Gasteiger partial charge < -0.3 is 5.84 Å². The lowest BCUT2D eigenvalue weighted by molar-refractivity contribution is 0.849. The van der Waals surface area contributed by atoms with E-state index in [1.807, 2.05) is 36.4 Å². The summed E-state index contributed by atoms with van der Waals surface area (Å²) in [7, 11) is 0. The predicted molar refractivity (Wildman–Crippen MR) is 94.3 cm³/mol. The molecule has 0 aliphatic rings. The molecule has 0 unspecified atom stereocenters. The van der Waals surface area contributed by atoms with Crippen molar-refractivity contribution in [2.24, 2.45) is 0 Å². The van der Waals surface area contributed by atoms with E-state index in [1.165, 1.54) is 22.0 Å². The number of rotatable bonds is 4. The van der Waals surface area contributed by atoms with Crippen molar-refractivity contribution in [1.29, 1.82) is 0 Å². The SMILES string of the molecule is Nn1c(SCc2cccc(Br)c2)nnc1-c1cccc(Cl)c1. The smallest absolute Gasteiger partial charge is 0.210 e. The Kier molecular flexibility index (Phi) is 4.71. The lowest BCUT2D eigenvalue weighted by atomic mass is 10.2. The Morgan fingerprint density at radius 2 is 1.95 bits per heavy atom. The van der Waals surface area contributed by atoms with Crippen LogP contribution in [-0.4, -0.2) is 14.9 Å². The number of hydrogen-bond donors (Lipinski definition) is 1. The second kappa shape index (κ2) is 6.73. The van der Waals surface area contributed by atoms with Crippen molar-refractivity contribution in [3.8, 4) is 11.4 Å². The first kappa shape index (κ1) is 15.4. The van der Waals surface area contributed by atoms with Crippen molar-refractivity contribution >= 4 is 39.3 Å². The van der Waals surface area contributed by atoms with Crippen molar-refractivity contribution in [3.05, 3.63) is 63.6 Å². The third-order valence-corrected chi connectivity index (χ3v) is 4.75. The zero-order valence-corrected chi connectivity index (χ0v) is 14.6. The number of thioether (sulfide) groups is 1. The fourth-order valence-corrected chi connectivity index (χ4v) is 3.41. The van der Waals surface area contributed by atoms with E-state index < -0.39 is 0 Å². The highest BCUT2D eigenvalue weighted by molar-refractivity contribution is 9.10. The minimum Gasteiger partial charge on any atom is -0.335 e. The Labute approximate surface area is 145 Å². The highest BCUT2D eigenvalue weighted by Crippen LogP contribution is 2.26. The fourth-order valence-electron chi connectivity index (χ4n) is 1.97. The molecule has 2 N–H and O–H groups in total. The van der Waals surface area contributed by atoms with Crippen molar-refractivity contribution in [1.82, 2.24) is 14.9 Å². The van der Waals surface area contributed by atoms with E-state index in [-0.39, 0.29) is 0 Å². The lowest BCUT2D eigenvalue weighted by Gasteiger charge is -2.04. The monoisotopic (exact) mass is 394 g/mol. The number of halogens is 2. The molecule has 4 nitrogen and oxygen atoms in total. The van der Waals surface area contributed by atoms with Crippen LogP contribution in [0.1, 0.15) is 5.56 Å². The summed E-state index contributed by atoms with van der Waals surface area (Å²) in [6.07, 6.45) is 0. The first-order valence-electron chi connectivity index (χ1n) is 6.47. The summed E-state index contributed by atoms with van der Waals surface area (Å²) in [4.78, 5) is 0. The molecule has 0 spiro atoms. The maximum atomic E-state index is 6.10. The standard InChI is InChI=1S/C15H12BrClN4S/c16-12-5-1-3-10(7-12)9-22-15-20-19-14(21(15)18)11-4-2-6-13(17)8-11/h1-8H,9,18H2. The van der Waals surface area contributed by atoms with E-state index in [0.29, 0.717) is 16.0 Å². The highest BCUT2D eigenvalue weighted by atomic mass is 79.9. The van der Waals surface area contributed by atoms with Crippen LogP contribution < -0.4 is 5.84 Å². The Balaban J connectivity index is 1.79. The van der Waals surface area contributed by atoms with Crippen LogP contribution >= 0.6 is 39.3 Å². The van der Waals surface area contributed by atoms with Crippen LogP contribution in [0.25, 0.3) is 11.4 Å². The molecule has 0 amide bonds. The van der Waals surface area contributed by atoms with Gasteiger partial charge in [-0.05, 0) is 29.8 Å². The van der Waals surface area contributed by atoms with Crippen LogP contribution in [0.4, 0.5) is 0 Å². The minimum atomic E-state index is 0.597. The van der Waals surface area contributed by atoms with Crippen LogP contribution in [0, 0.1) is 0 Å². The van der Waals surface area contributed by atoms with Crippen molar-refractivity contribution in [2.75, 3.05) is 5.84 Å². The molecular formula is C15H12BrClN4S. The molecule has 0 atom stereocenters. The molecule has 0 saturated heterocycles. The van der Waals surface area contributed by atoms with Gasteiger partial charge in [0.25, 0.3) is 0 Å². The Morgan fingerprint density at radius 3 is 2.73 bits per heavy atom.